The molecular weight excluding hydrogens is 340 g/mol. The number of hydrogen-bond donors (Lipinski definition) is 1. The highest BCUT2D eigenvalue weighted by Crippen LogP contribution is 2.42. The summed E-state index contributed by atoms with van der Waals surface area (Å²) in [5, 5.41) is 21.9. The van der Waals surface area contributed by atoms with E-state index in [1.807, 2.05) is 0 Å². The van der Waals surface area contributed by atoms with Gasteiger partial charge in [0.05, 0.1) is 48.5 Å². The van der Waals surface area contributed by atoms with Gasteiger partial charge >= 0.3 is 0 Å². The number of fused-ring (bicyclic) bond motifs is 1. The number of methoxy groups -OCH3 is 3. The second-order valence-electron chi connectivity index (χ2n) is 5.61. The van der Waals surface area contributed by atoms with Crippen LogP contribution in [0.5, 0.6) is 23.0 Å². The molecule has 0 amide bonds. The number of aromatic nitrogens is 1. The van der Waals surface area contributed by atoms with Gasteiger partial charge < -0.3 is 23.9 Å². The van der Waals surface area contributed by atoms with E-state index in [1.54, 1.807) is 23.6 Å². The molecule has 3 rings (SSSR count). The van der Waals surface area contributed by atoms with Gasteiger partial charge in [-0.2, -0.15) is 0 Å². The summed E-state index contributed by atoms with van der Waals surface area (Å²) in [5.41, 5.74) is 1.49. The quantitative estimate of drug-likeness (QED) is 0.553. The first-order valence-corrected chi connectivity index (χ1v) is 7.71. The largest absolute Gasteiger partial charge is 0.508 e. The third-order valence-corrected chi connectivity index (χ3v) is 4.25. The van der Waals surface area contributed by atoms with Crippen LogP contribution in [0.1, 0.15) is 5.69 Å². The number of hydrogen-bond acceptors (Lipinski definition) is 6. The van der Waals surface area contributed by atoms with E-state index in [2.05, 4.69) is 0 Å². The number of ether oxygens (including phenoxy) is 3. The first kappa shape index (κ1) is 17.4. The molecule has 0 bridgehead atoms. The van der Waals surface area contributed by atoms with Crippen LogP contribution >= 0.6 is 0 Å². The maximum atomic E-state index is 11.6. The monoisotopic (exact) mass is 358 g/mol. The van der Waals surface area contributed by atoms with Crippen molar-refractivity contribution < 1.29 is 24.2 Å². The van der Waals surface area contributed by atoms with Crippen molar-refractivity contribution in [3.63, 3.8) is 0 Å². The third-order valence-electron chi connectivity index (χ3n) is 4.25. The number of rotatable bonds is 5. The van der Waals surface area contributed by atoms with Crippen molar-refractivity contribution >= 4 is 16.6 Å². The molecule has 0 radical (unpaired) electrons. The lowest BCUT2D eigenvalue weighted by atomic mass is 10.2. The molecule has 3 aromatic rings. The fourth-order valence-corrected chi connectivity index (χ4v) is 3.15. The number of nitrogens with zero attached hydrogens (tertiary/aromatic N) is 2. The smallest absolute Gasteiger partial charge is 0.298 e. The normalized spacial score (nSPS) is 10.8. The molecular formula is C18H18N2O6. The van der Waals surface area contributed by atoms with Crippen molar-refractivity contribution in [3.8, 4) is 28.7 Å². The molecule has 0 spiro atoms. The van der Waals surface area contributed by atoms with Crippen LogP contribution in [0.3, 0.4) is 0 Å². The minimum Gasteiger partial charge on any atom is -0.508 e. The summed E-state index contributed by atoms with van der Waals surface area (Å²) < 4.78 is 17.7. The molecule has 0 saturated carbocycles. The van der Waals surface area contributed by atoms with Crippen molar-refractivity contribution in [3.05, 3.63) is 46.1 Å². The van der Waals surface area contributed by atoms with Gasteiger partial charge in [0.2, 0.25) is 5.75 Å². The van der Waals surface area contributed by atoms with Crippen LogP contribution < -0.4 is 14.2 Å². The van der Waals surface area contributed by atoms with E-state index < -0.39 is 4.92 Å². The Balaban J connectivity index is 2.41. The topological polar surface area (TPSA) is 96.0 Å². The Morgan fingerprint density at radius 2 is 1.65 bits per heavy atom. The molecule has 2 aromatic carbocycles. The third kappa shape index (κ3) is 2.55. The molecule has 0 unspecified atom stereocenters. The van der Waals surface area contributed by atoms with Gasteiger partial charge in [0.15, 0.2) is 11.5 Å². The molecule has 0 atom stereocenters. The zero-order chi connectivity index (χ0) is 19.0. The summed E-state index contributed by atoms with van der Waals surface area (Å²) in [6.07, 6.45) is 0. The van der Waals surface area contributed by atoms with Crippen LogP contribution in [0, 0.1) is 17.0 Å². The summed E-state index contributed by atoms with van der Waals surface area (Å²) in [5.74, 6) is 1.28. The summed E-state index contributed by atoms with van der Waals surface area (Å²) in [7, 11) is 4.49. The number of benzene rings is 2. The Bertz CT molecular complexity index is 984. The molecule has 8 heteroatoms. The minimum absolute atomic E-state index is 0.0126. The van der Waals surface area contributed by atoms with Gasteiger partial charge in [-0.15, -0.1) is 0 Å². The summed E-state index contributed by atoms with van der Waals surface area (Å²) in [6, 6.07) is 7.83. The maximum absolute atomic E-state index is 11.6. The average molecular weight is 358 g/mol. The van der Waals surface area contributed by atoms with E-state index in [0.717, 1.165) is 0 Å². The summed E-state index contributed by atoms with van der Waals surface area (Å²) in [6.45, 7) is 1.65. The second kappa shape index (κ2) is 6.47. The molecule has 136 valence electrons. The Morgan fingerprint density at radius 1 is 1.04 bits per heavy atom. The molecule has 26 heavy (non-hydrogen) atoms. The van der Waals surface area contributed by atoms with Crippen molar-refractivity contribution in [1.29, 1.82) is 0 Å². The van der Waals surface area contributed by atoms with Crippen LogP contribution in [-0.2, 0) is 0 Å². The zero-order valence-corrected chi connectivity index (χ0v) is 14.8. The van der Waals surface area contributed by atoms with Crippen LogP contribution in [0.4, 0.5) is 5.69 Å². The van der Waals surface area contributed by atoms with Crippen molar-refractivity contribution in [2.45, 2.75) is 6.92 Å². The molecule has 1 N–H and O–H groups in total. The van der Waals surface area contributed by atoms with Gasteiger partial charge in [0.1, 0.15) is 5.75 Å². The maximum Gasteiger partial charge on any atom is 0.298 e. The molecule has 0 saturated heterocycles. The fourth-order valence-electron chi connectivity index (χ4n) is 3.15. The van der Waals surface area contributed by atoms with Crippen molar-refractivity contribution in [1.82, 2.24) is 4.57 Å². The van der Waals surface area contributed by atoms with Crippen LogP contribution in [-0.4, -0.2) is 35.9 Å². The Labute approximate surface area is 149 Å². The highest BCUT2D eigenvalue weighted by molar-refractivity contribution is 5.94. The van der Waals surface area contributed by atoms with Gasteiger partial charge in [-0.25, -0.2) is 0 Å². The molecule has 0 fully saturated rings. The number of aromatic hydroxyl groups is 1. The van der Waals surface area contributed by atoms with E-state index in [-0.39, 0.29) is 11.4 Å². The minimum atomic E-state index is -0.427. The Hall–Kier alpha value is -3.42. The van der Waals surface area contributed by atoms with Gasteiger partial charge in [0, 0.05) is 18.2 Å². The summed E-state index contributed by atoms with van der Waals surface area (Å²) >= 11 is 0. The zero-order valence-electron chi connectivity index (χ0n) is 14.8. The van der Waals surface area contributed by atoms with Crippen molar-refractivity contribution in [2.75, 3.05) is 21.3 Å². The number of phenols is 1. The van der Waals surface area contributed by atoms with E-state index in [1.165, 1.54) is 39.5 Å². The first-order valence-electron chi connectivity index (χ1n) is 7.71. The van der Waals surface area contributed by atoms with E-state index >= 15 is 0 Å². The molecule has 0 aliphatic carbocycles. The van der Waals surface area contributed by atoms with Crippen LogP contribution in [0.25, 0.3) is 16.6 Å². The van der Waals surface area contributed by atoms with Gasteiger partial charge in [0.25, 0.3) is 5.69 Å². The number of phenolic OH excluding ortho intramolecular Hbond substituents is 1. The first-order chi connectivity index (χ1) is 12.4. The van der Waals surface area contributed by atoms with Gasteiger partial charge in [-0.3, -0.25) is 10.1 Å². The standard InChI is InChI=1S/C18H18N2O6/c1-10-17(20(22)23)13-6-5-12(21)9-14(13)19(10)11-7-15(24-2)18(26-4)16(8-11)25-3/h5-9,21H,1-4H3. The number of nitro groups is 1. The molecule has 1 heterocycles. The van der Waals surface area contributed by atoms with E-state index in [4.69, 9.17) is 14.2 Å². The summed E-state index contributed by atoms with van der Waals surface area (Å²) in [4.78, 5) is 11.1. The molecule has 0 aliphatic heterocycles. The van der Waals surface area contributed by atoms with Crippen LogP contribution in [0.2, 0.25) is 0 Å². The lowest BCUT2D eigenvalue weighted by Crippen LogP contribution is -2.01. The Morgan fingerprint density at radius 3 is 2.15 bits per heavy atom. The predicted molar refractivity (Wildman–Crippen MR) is 96.0 cm³/mol. The lowest BCUT2D eigenvalue weighted by Gasteiger charge is -2.16. The highest BCUT2D eigenvalue weighted by atomic mass is 16.6. The Kier molecular flexibility index (Phi) is 4.33. The van der Waals surface area contributed by atoms with Gasteiger partial charge in [-0.05, 0) is 19.1 Å². The molecule has 8 nitrogen and oxygen atoms in total. The average Bonchev–Trinajstić information content (AvgIpc) is 2.91. The van der Waals surface area contributed by atoms with E-state index in [0.29, 0.717) is 39.5 Å². The molecule has 1 aromatic heterocycles. The van der Waals surface area contributed by atoms with E-state index in [9.17, 15) is 15.2 Å². The van der Waals surface area contributed by atoms with Gasteiger partial charge in [-0.1, -0.05) is 0 Å². The second-order valence-corrected chi connectivity index (χ2v) is 5.61. The fraction of sp³-hybridized carbons (Fsp3) is 0.222. The predicted octanol–water partition coefficient (Wildman–Crippen LogP) is 3.58. The lowest BCUT2D eigenvalue weighted by molar-refractivity contribution is -0.383. The SMILES string of the molecule is COc1cc(-n2c(C)c([N+](=O)[O-])c3ccc(O)cc32)cc(OC)c1OC. The molecule has 0 aliphatic rings. The van der Waals surface area contributed by atoms with Crippen LogP contribution in [0.15, 0.2) is 30.3 Å². The highest BCUT2D eigenvalue weighted by Gasteiger charge is 2.25. The van der Waals surface area contributed by atoms with Crippen molar-refractivity contribution in [2.24, 2.45) is 0 Å².